The Labute approximate surface area is 110 Å². The Morgan fingerprint density at radius 1 is 1.21 bits per heavy atom. The topological polar surface area (TPSA) is 47.3 Å². The van der Waals surface area contributed by atoms with Crippen molar-refractivity contribution in [3.63, 3.8) is 0 Å². The van der Waals surface area contributed by atoms with E-state index in [1.165, 1.54) is 6.07 Å². The van der Waals surface area contributed by atoms with Crippen LogP contribution in [0.4, 0.5) is 20.2 Å². The fourth-order valence-electron chi connectivity index (χ4n) is 1.72. The highest BCUT2D eigenvalue weighted by atomic mass is 19.2. The first-order chi connectivity index (χ1) is 9.11. The molecule has 0 aliphatic heterocycles. The van der Waals surface area contributed by atoms with Crippen molar-refractivity contribution in [3.05, 3.63) is 53.6 Å². The van der Waals surface area contributed by atoms with E-state index in [1.54, 1.807) is 19.2 Å². The summed E-state index contributed by atoms with van der Waals surface area (Å²) in [5, 5.41) is 2.79. The zero-order chi connectivity index (χ0) is 13.8. The van der Waals surface area contributed by atoms with Crippen molar-refractivity contribution in [2.24, 2.45) is 0 Å². The van der Waals surface area contributed by atoms with Crippen LogP contribution < -0.4 is 15.8 Å². The van der Waals surface area contributed by atoms with Gasteiger partial charge in [-0.1, -0.05) is 12.1 Å². The number of hydrogen-bond donors (Lipinski definition) is 2. The highest BCUT2D eigenvalue weighted by Crippen LogP contribution is 2.25. The molecule has 3 nitrogen and oxygen atoms in total. The Balaban J connectivity index is 2.16. The predicted octanol–water partition coefficient (Wildman–Crippen LogP) is 3.17. The molecule has 3 N–H and O–H groups in total. The molecule has 0 saturated carbocycles. The highest BCUT2D eigenvalue weighted by Gasteiger charge is 2.11. The van der Waals surface area contributed by atoms with E-state index >= 15 is 0 Å². The summed E-state index contributed by atoms with van der Waals surface area (Å²) in [6, 6.07) is 9.61. The Morgan fingerprint density at radius 2 is 2.00 bits per heavy atom. The summed E-state index contributed by atoms with van der Waals surface area (Å²) in [7, 11) is 1.57. The van der Waals surface area contributed by atoms with Crippen LogP contribution >= 0.6 is 0 Å². The molecule has 0 amide bonds. The molecular formula is C14H14F2N2O. The highest BCUT2D eigenvalue weighted by molar-refractivity contribution is 5.66. The lowest BCUT2D eigenvalue weighted by Crippen LogP contribution is -2.06. The number of halogens is 2. The van der Waals surface area contributed by atoms with Crippen molar-refractivity contribution in [1.29, 1.82) is 0 Å². The van der Waals surface area contributed by atoms with Crippen LogP contribution in [0.2, 0.25) is 0 Å². The second kappa shape index (κ2) is 5.56. The molecule has 0 aliphatic rings. The molecule has 0 fully saturated rings. The van der Waals surface area contributed by atoms with E-state index in [9.17, 15) is 8.78 Å². The molecular weight excluding hydrogens is 250 g/mol. The Morgan fingerprint density at radius 3 is 2.74 bits per heavy atom. The lowest BCUT2D eigenvalue weighted by atomic mass is 10.2. The van der Waals surface area contributed by atoms with Gasteiger partial charge in [-0.25, -0.2) is 8.78 Å². The standard InChI is InChI=1S/C14H14F2N2O/c1-19-10-4-2-3-9(7-10)8-18-14-12(17)6-5-11(15)13(14)16/h2-7,18H,8,17H2,1H3. The van der Waals surface area contributed by atoms with Crippen molar-refractivity contribution in [3.8, 4) is 5.75 Å². The second-order valence-corrected chi connectivity index (χ2v) is 4.03. The maximum Gasteiger partial charge on any atom is 0.183 e. The van der Waals surface area contributed by atoms with Gasteiger partial charge in [-0.15, -0.1) is 0 Å². The number of nitrogens with one attached hydrogen (secondary N) is 1. The van der Waals surface area contributed by atoms with Gasteiger partial charge in [0.15, 0.2) is 11.6 Å². The van der Waals surface area contributed by atoms with Crippen LogP contribution in [0.3, 0.4) is 0 Å². The molecule has 19 heavy (non-hydrogen) atoms. The van der Waals surface area contributed by atoms with E-state index < -0.39 is 11.6 Å². The fourth-order valence-corrected chi connectivity index (χ4v) is 1.72. The zero-order valence-corrected chi connectivity index (χ0v) is 10.4. The average Bonchev–Trinajstić information content (AvgIpc) is 2.43. The summed E-state index contributed by atoms with van der Waals surface area (Å²) >= 11 is 0. The van der Waals surface area contributed by atoms with E-state index in [1.807, 2.05) is 12.1 Å². The molecule has 0 aliphatic carbocycles. The number of methoxy groups -OCH3 is 1. The van der Waals surface area contributed by atoms with Gasteiger partial charge < -0.3 is 15.8 Å². The van der Waals surface area contributed by atoms with E-state index in [-0.39, 0.29) is 11.4 Å². The van der Waals surface area contributed by atoms with Crippen LogP contribution in [-0.4, -0.2) is 7.11 Å². The van der Waals surface area contributed by atoms with Gasteiger partial charge in [-0.05, 0) is 29.8 Å². The Bertz CT molecular complexity index is 588. The number of nitrogen functional groups attached to an aromatic ring is 1. The number of nitrogens with two attached hydrogens (primary N) is 1. The Hall–Kier alpha value is -2.30. The van der Waals surface area contributed by atoms with Gasteiger partial charge in [0, 0.05) is 6.54 Å². The molecule has 0 bridgehead atoms. The van der Waals surface area contributed by atoms with Crippen molar-refractivity contribution in [2.45, 2.75) is 6.54 Å². The van der Waals surface area contributed by atoms with Gasteiger partial charge in [0.1, 0.15) is 5.75 Å². The van der Waals surface area contributed by atoms with Crippen LogP contribution in [0.25, 0.3) is 0 Å². The minimum Gasteiger partial charge on any atom is -0.497 e. The minimum atomic E-state index is -0.970. The fraction of sp³-hybridized carbons (Fsp3) is 0.143. The lowest BCUT2D eigenvalue weighted by Gasteiger charge is -2.11. The van der Waals surface area contributed by atoms with Crippen LogP contribution in [0.1, 0.15) is 5.56 Å². The SMILES string of the molecule is COc1cccc(CNc2c(N)ccc(F)c2F)c1. The third kappa shape index (κ3) is 2.93. The molecule has 0 aromatic heterocycles. The first-order valence-corrected chi connectivity index (χ1v) is 5.72. The summed E-state index contributed by atoms with van der Waals surface area (Å²) in [6.45, 7) is 0.321. The van der Waals surface area contributed by atoms with Crippen molar-refractivity contribution < 1.29 is 13.5 Å². The van der Waals surface area contributed by atoms with Crippen LogP contribution in [0.15, 0.2) is 36.4 Å². The van der Waals surface area contributed by atoms with E-state index in [2.05, 4.69) is 5.32 Å². The molecule has 0 heterocycles. The molecule has 0 unspecified atom stereocenters. The van der Waals surface area contributed by atoms with Crippen LogP contribution in [-0.2, 0) is 6.54 Å². The van der Waals surface area contributed by atoms with Gasteiger partial charge in [0.25, 0.3) is 0 Å². The summed E-state index contributed by atoms with van der Waals surface area (Å²) in [5.74, 6) is -1.20. The molecule has 0 radical (unpaired) electrons. The number of hydrogen-bond acceptors (Lipinski definition) is 3. The largest absolute Gasteiger partial charge is 0.497 e. The van der Waals surface area contributed by atoms with Crippen molar-refractivity contribution in [1.82, 2.24) is 0 Å². The van der Waals surface area contributed by atoms with Crippen molar-refractivity contribution >= 4 is 11.4 Å². The molecule has 5 heteroatoms. The first kappa shape index (κ1) is 13.1. The average molecular weight is 264 g/mol. The molecule has 0 saturated heterocycles. The molecule has 2 aromatic rings. The van der Waals surface area contributed by atoms with Gasteiger partial charge in [0.05, 0.1) is 18.5 Å². The first-order valence-electron chi connectivity index (χ1n) is 5.72. The predicted molar refractivity (Wildman–Crippen MR) is 71.1 cm³/mol. The summed E-state index contributed by atoms with van der Waals surface area (Å²) in [4.78, 5) is 0. The maximum atomic E-state index is 13.6. The van der Waals surface area contributed by atoms with Gasteiger partial charge in [-0.3, -0.25) is 0 Å². The lowest BCUT2D eigenvalue weighted by molar-refractivity contribution is 0.414. The van der Waals surface area contributed by atoms with E-state index in [0.717, 1.165) is 11.6 Å². The number of ether oxygens (including phenoxy) is 1. The molecule has 0 atom stereocenters. The van der Waals surface area contributed by atoms with E-state index in [0.29, 0.717) is 12.3 Å². The summed E-state index contributed by atoms with van der Waals surface area (Å²) in [5.41, 5.74) is 6.64. The van der Waals surface area contributed by atoms with Gasteiger partial charge >= 0.3 is 0 Å². The monoisotopic (exact) mass is 264 g/mol. The molecule has 2 aromatic carbocycles. The second-order valence-electron chi connectivity index (χ2n) is 4.03. The summed E-state index contributed by atoms with van der Waals surface area (Å²) in [6.07, 6.45) is 0. The number of anilines is 2. The Kier molecular flexibility index (Phi) is 3.85. The normalized spacial score (nSPS) is 10.3. The van der Waals surface area contributed by atoms with Crippen LogP contribution in [0.5, 0.6) is 5.75 Å². The summed E-state index contributed by atoms with van der Waals surface area (Å²) < 4.78 is 31.8. The van der Waals surface area contributed by atoms with Gasteiger partial charge in [0.2, 0.25) is 0 Å². The molecule has 2 rings (SSSR count). The number of benzene rings is 2. The quantitative estimate of drug-likeness (QED) is 0.834. The van der Waals surface area contributed by atoms with Crippen LogP contribution in [0, 0.1) is 11.6 Å². The van der Waals surface area contributed by atoms with Crippen molar-refractivity contribution in [2.75, 3.05) is 18.2 Å². The number of rotatable bonds is 4. The maximum absolute atomic E-state index is 13.6. The molecule has 100 valence electrons. The third-order valence-corrected chi connectivity index (χ3v) is 2.73. The zero-order valence-electron chi connectivity index (χ0n) is 10.4. The van der Waals surface area contributed by atoms with Gasteiger partial charge in [-0.2, -0.15) is 0 Å². The third-order valence-electron chi connectivity index (χ3n) is 2.73. The van der Waals surface area contributed by atoms with E-state index in [4.69, 9.17) is 10.5 Å². The molecule has 0 spiro atoms. The smallest absolute Gasteiger partial charge is 0.183 e. The minimum absolute atomic E-state index is 0.0252.